The molecular formula is C21H20ClN3OS2. The summed E-state index contributed by atoms with van der Waals surface area (Å²) in [6.07, 6.45) is 0. The molecule has 0 saturated carbocycles. The number of benzene rings is 2. The van der Waals surface area contributed by atoms with Crippen LogP contribution in [0.1, 0.15) is 5.56 Å². The van der Waals surface area contributed by atoms with Gasteiger partial charge in [0.05, 0.1) is 5.52 Å². The topological polar surface area (TPSA) is 38.1 Å². The summed E-state index contributed by atoms with van der Waals surface area (Å²) in [6, 6.07) is 15.9. The summed E-state index contributed by atoms with van der Waals surface area (Å²) < 4.78 is 3.62. The Balaban J connectivity index is 1.81. The van der Waals surface area contributed by atoms with E-state index in [-0.39, 0.29) is 5.56 Å². The molecule has 0 saturated heterocycles. The van der Waals surface area contributed by atoms with Gasteiger partial charge >= 0.3 is 0 Å². The van der Waals surface area contributed by atoms with Crippen molar-refractivity contribution >= 4 is 55.0 Å². The van der Waals surface area contributed by atoms with Gasteiger partial charge < -0.3 is 4.90 Å². The van der Waals surface area contributed by atoms with E-state index in [0.717, 1.165) is 42.6 Å². The first-order valence-electron chi connectivity index (χ1n) is 8.97. The minimum absolute atomic E-state index is 0.0368. The van der Waals surface area contributed by atoms with E-state index < -0.39 is 0 Å². The minimum atomic E-state index is 0.0368. The van der Waals surface area contributed by atoms with Gasteiger partial charge in [0.25, 0.3) is 5.56 Å². The van der Waals surface area contributed by atoms with Crippen molar-refractivity contribution < 1.29 is 0 Å². The monoisotopic (exact) mass is 429 g/mol. The van der Waals surface area contributed by atoms with Gasteiger partial charge in [0.2, 0.25) is 0 Å². The molecule has 4 nitrogen and oxygen atoms in total. The Labute approximate surface area is 176 Å². The molecule has 28 heavy (non-hydrogen) atoms. The zero-order chi connectivity index (χ0) is 19.7. The van der Waals surface area contributed by atoms with Crippen LogP contribution in [0, 0.1) is 0 Å². The molecule has 4 aromatic rings. The molecule has 0 amide bonds. The molecule has 0 spiro atoms. The molecule has 0 unspecified atom stereocenters. The van der Waals surface area contributed by atoms with Gasteiger partial charge in [-0.25, -0.2) is 4.98 Å². The first-order valence-corrected chi connectivity index (χ1v) is 11.2. The smallest absolute Gasteiger partial charge is 0.272 e. The number of fused-ring (bicyclic) bond motifs is 3. The van der Waals surface area contributed by atoms with E-state index in [0.29, 0.717) is 12.3 Å². The lowest BCUT2D eigenvalue weighted by molar-refractivity contribution is 0.371. The van der Waals surface area contributed by atoms with Crippen LogP contribution in [0.4, 0.5) is 0 Å². The summed E-state index contributed by atoms with van der Waals surface area (Å²) in [4.78, 5) is 20.3. The summed E-state index contributed by atoms with van der Waals surface area (Å²) in [5.41, 5.74) is 1.88. The molecule has 0 radical (unpaired) electrons. The molecule has 0 N–H and O–H groups in total. The number of hydrogen-bond acceptors (Lipinski definition) is 5. The highest BCUT2D eigenvalue weighted by Crippen LogP contribution is 2.33. The lowest BCUT2D eigenvalue weighted by Gasteiger charge is -2.15. The van der Waals surface area contributed by atoms with Crippen molar-refractivity contribution in [2.75, 3.05) is 20.6 Å². The van der Waals surface area contributed by atoms with Gasteiger partial charge in [0.1, 0.15) is 4.70 Å². The number of thiophene rings is 1. The van der Waals surface area contributed by atoms with Crippen molar-refractivity contribution in [2.24, 2.45) is 0 Å². The summed E-state index contributed by atoms with van der Waals surface area (Å²) in [5, 5.41) is 2.51. The SMILES string of the molecule is CN(C)CCn1c(SCc2ccccc2Cl)nc2c(sc3ccccc32)c1=O. The van der Waals surface area contributed by atoms with Crippen molar-refractivity contribution in [2.45, 2.75) is 17.5 Å². The Morgan fingerprint density at radius 2 is 1.89 bits per heavy atom. The van der Waals surface area contributed by atoms with E-state index >= 15 is 0 Å². The molecule has 0 bridgehead atoms. The van der Waals surface area contributed by atoms with Crippen LogP contribution in [0.2, 0.25) is 5.02 Å². The van der Waals surface area contributed by atoms with Crippen LogP contribution in [0.15, 0.2) is 58.5 Å². The maximum atomic E-state index is 13.3. The zero-order valence-corrected chi connectivity index (χ0v) is 18.1. The van der Waals surface area contributed by atoms with Crippen molar-refractivity contribution in [3.05, 3.63) is 69.5 Å². The Morgan fingerprint density at radius 3 is 2.68 bits per heavy atom. The Hall–Kier alpha value is -1.86. The Kier molecular flexibility index (Phi) is 5.73. The van der Waals surface area contributed by atoms with Gasteiger partial charge in [-0.15, -0.1) is 11.3 Å². The van der Waals surface area contributed by atoms with Crippen LogP contribution in [-0.2, 0) is 12.3 Å². The van der Waals surface area contributed by atoms with Crippen LogP contribution in [0.3, 0.4) is 0 Å². The average Bonchev–Trinajstić information content (AvgIpc) is 3.06. The average molecular weight is 430 g/mol. The van der Waals surface area contributed by atoms with Crippen LogP contribution in [0.5, 0.6) is 0 Å². The molecule has 7 heteroatoms. The molecule has 0 aliphatic carbocycles. The number of likely N-dealkylation sites (N-methyl/N-ethyl adjacent to an activating group) is 1. The fourth-order valence-electron chi connectivity index (χ4n) is 3.02. The van der Waals surface area contributed by atoms with Gasteiger partial charge in [0.15, 0.2) is 5.16 Å². The second-order valence-corrected chi connectivity index (χ2v) is 9.21. The molecule has 144 valence electrons. The molecule has 2 heterocycles. The van der Waals surface area contributed by atoms with E-state index in [1.54, 1.807) is 16.3 Å². The summed E-state index contributed by atoms with van der Waals surface area (Å²) >= 11 is 9.40. The maximum absolute atomic E-state index is 13.3. The minimum Gasteiger partial charge on any atom is -0.308 e. The lowest BCUT2D eigenvalue weighted by Crippen LogP contribution is -2.28. The zero-order valence-electron chi connectivity index (χ0n) is 15.7. The number of hydrogen-bond donors (Lipinski definition) is 0. The number of halogens is 1. The van der Waals surface area contributed by atoms with E-state index in [1.807, 2.05) is 62.6 Å². The first-order chi connectivity index (χ1) is 13.5. The highest BCUT2D eigenvalue weighted by atomic mass is 35.5. The highest BCUT2D eigenvalue weighted by Gasteiger charge is 2.16. The van der Waals surface area contributed by atoms with Crippen LogP contribution in [0.25, 0.3) is 20.3 Å². The van der Waals surface area contributed by atoms with E-state index in [4.69, 9.17) is 16.6 Å². The first kappa shape index (κ1) is 19.5. The van der Waals surface area contributed by atoms with Crippen molar-refractivity contribution in [1.29, 1.82) is 0 Å². The predicted octanol–water partition coefficient (Wildman–Crippen LogP) is 5.12. The van der Waals surface area contributed by atoms with E-state index in [9.17, 15) is 4.79 Å². The van der Waals surface area contributed by atoms with Crippen LogP contribution in [-0.4, -0.2) is 35.1 Å². The molecule has 0 aliphatic heterocycles. The number of thioether (sulfide) groups is 1. The van der Waals surface area contributed by atoms with Gasteiger partial charge in [-0.3, -0.25) is 9.36 Å². The molecular weight excluding hydrogens is 410 g/mol. The van der Waals surface area contributed by atoms with Gasteiger partial charge in [-0.1, -0.05) is 59.8 Å². The van der Waals surface area contributed by atoms with Crippen LogP contribution >= 0.6 is 34.7 Å². The van der Waals surface area contributed by atoms with E-state index in [1.165, 1.54) is 11.3 Å². The summed E-state index contributed by atoms with van der Waals surface area (Å²) in [7, 11) is 4.01. The van der Waals surface area contributed by atoms with Crippen molar-refractivity contribution in [3.8, 4) is 0 Å². The van der Waals surface area contributed by atoms with Crippen LogP contribution < -0.4 is 5.56 Å². The van der Waals surface area contributed by atoms with Crippen molar-refractivity contribution in [1.82, 2.24) is 14.5 Å². The predicted molar refractivity (Wildman–Crippen MR) is 121 cm³/mol. The number of aromatic nitrogens is 2. The highest BCUT2D eigenvalue weighted by molar-refractivity contribution is 7.98. The third kappa shape index (κ3) is 3.82. The fourth-order valence-corrected chi connectivity index (χ4v) is 5.41. The molecule has 4 rings (SSSR count). The Morgan fingerprint density at radius 1 is 1.14 bits per heavy atom. The molecule has 2 aromatic carbocycles. The maximum Gasteiger partial charge on any atom is 0.272 e. The van der Waals surface area contributed by atoms with Gasteiger partial charge in [-0.2, -0.15) is 0 Å². The largest absolute Gasteiger partial charge is 0.308 e. The number of nitrogens with zero attached hydrogens (tertiary/aromatic N) is 3. The fraction of sp³-hybridized carbons (Fsp3) is 0.238. The summed E-state index contributed by atoms with van der Waals surface area (Å²) in [5.74, 6) is 0.668. The second-order valence-electron chi connectivity index (χ2n) is 6.81. The van der Waals surface area contributed by atoms with Gasteiger partial charge in [0, 0.05) is 34.0 Å². The molecule has 0 atom stereocenters. The van der Waals surface area contributed by atoms with Crippen molar-refractivity contribution in [3.63, 3.8) is 0 Å². The summed E-state index contributed by atoms with van der Waals surface area (Å²) in [6.45, 7) is 1.38. The third-order valence-corrected chi connectivity index (χ3v) is 7.07. The third-order valence-electron chi connectivity index (χ3n) is 4.53. The van der Waals surface area contributed by atoms with Gasteiger partial charge in [-0.05, 0) is 31.8 Å². The second kappa shape index (κ2) is 8.25. The number of rotatable bonds is 6. The standard InChI is InChI=1S/C21H20ClN3OS2/c1-24(2)11-12-25-20(26)19-18(15-8-4-6-10-17(15)28-19)23-21(25)27-13-14-7-3-5-9-16(14)22/h3-10H,11-13H2,1-2H3. The quantitative estimate of drug-likeness (QED) is 0.315. The molecule has 0 fully saturated rings. The van der Waals surface area contributed by atoms with E-state index in [2.05, 4.69) is 4.90 Å². The normalized spacial score (nSPS) is 11.7. The molecule has 2 aromatic heterocycles. The Bertz CT molecular complexity index is 1200. The lowest BCUT2D eigenvalue weighted by atomic mass is 10.2. The molecule has 0 aliphatic rings.